The summed E-state index contributed by atoms with van der Waals surface area (Å²) in [4.78, 5) is 2.04. The van der Waals surface area contributed by atoms with Gasteiger partial charge in [-0.15, -0.1) is 0 Å². The Hall–Kier alpha value is -1.95. The summed E-state index contributed by atoms with van der Waals surface area (Å²) in [7, 11) is 0.462. The molecule has 0 radical (unpaired) electrons. The van der Waals surface area contributed by atoms with Gasteiger partial charge in [0.25, 0.3) is 0 Å². The van der Waals surface area contributed by atoms with Crippen LogP contribution in [0.15, 0.2) is 66.1 Å². The maximum atomic E-state index is 12.2. The molecule has 4 nitrogen and oxygen atoms in total. The predicted molar refractivity (Wildman–Crippen MR) is 100 cm³/mol. The van der Waals surface area contributed by atoms with Crippen molar-refractivity contribution in [2.24, 2.45) is 0 Å². The molecule has 1 unspecified atom stereocenters. The van der Waals surface area contributed by atoms with E-state index < -0.39 is 10.0 Å². The molecular weight excluding hydrogens is 320 g/mol. The van der Waals surface area contributed by atoms with Gasteiger partial charge in [-0.2, -0.15) is 0 Å². The van der Waals surface area contributed by atoms with Crippen molar-refractivity contribution in [3.8, 4) is 0 Å². The summed E-state index contributed by atoms with van der Waals surface area (Å²) in [5.41, 5.74) is 2.05. The highest BCUT2D eigenvalue weighted by Crippen LogP contribution is 2.07. The third-order valence-corrected chi connectivity index (χ3v) is 4.87. The van der Waals surface area contributed by atoms with E-state index in [1.165, 1.54) is 11.0 Å². The Morgan fingerprint density at radius 3 is 2.17 bits per heavy atom. The van der Waals surface area contributed by atoms with Crippen LogP contribution in [0.2, 0.25) is 0 Å². The Morgan fingerprint density at radius 2 is 1.58 bits per heavy atom. The third kappa shape index (κ3) is 6.28. The fourth-order valence-corrected chi connectivity index (χ4v) is 3.17. The number of likely N-dealkylation sites (N-methyl/N-ethyl adjacent to an activating group) is 1. The highest BCUT2D eigenvalue weighted by atomic mass is 32.2. The normalized spacial score (nSPS) is 13.5. The first kappa shape index (κ1) is 18.4. The molecule has 24 heavy (non-hydrogen) atoms. The molecule has 2 rings (SSSR count). The van der Waals surface area contributed by atoms with Gasteiger partial charge in [0.1, 0.15) is 0 Å². The van der Waals surface area contributed by atoms with Crippen molar-refractivity contribution in [2.75, 3.05) is 20.6 Å². The summed E-state index contributed by atoms with van der Waals surface area (Å²) in [5.74, 6) is 0. The van der Waals surface area contributed by atoms with Gasteiger partial charge in [0, 0.05) is 18.0 Å². The second-order valence-corrected chi connectivity index (χ2v) is 7.56. The average Bonchev–Trinajstić information content (AvgIpc) is 2.58. The van der Waals surface area contributed by atoms with Gasteiger partial charge in [0.05, 0.1) is 0 Å². The average molecular weight is 344 g/mol. The largest absolute Gasteiger partial charge is 0.305 e. The van der Waals surface area contributed by atoms with Crippen LogP contribution in [0.1, 0.15) is 11.1 Å². The fourth-order valence-electron chi connectivity index (χ4n) is 2.32. The Labute approximate surface area is 144 Å². The van der Waals surface area contributed by atoms with E-state index in [1.54, 1.807) is 6.08 Å². The van der Waals surface area contributed by atoms with Crippen molar-refractivity contribution < 1.29 is 8.42 Å². The predicted octanol–water partition coefficient (Wildman–Crippen LogP) is 2.75. The lowest BCUT2D eigenvalue weighted by atomic mass is 10.1. The van der Waals surface area contributed by atoms with Crippen LogP contribution in [0.3, 0.4) is 0 Å². The van der Waals surface area contributed by atoms with Crippen molar-refractivity contribution in [2.45, 2.75) is 12.5 Å². The molecule has 0 bridgehead atoms. The first-order valence-electron chi connectivity index (χ1n) is 7.89. The zero-order chi connectivity index (χ0) is 17.4. The van der Waals surface area contributed by atoms with Crippen LogP contribution in [0.5, 0.6) is 0 Å². The number of sulfonamides is 1. The standard InChI is InChI=1S/C19H24N2O2S/c1-21(2)19(15-18-11-7-4-8-12-18)16-20-24(22,23)14-13-17-9-5-3-6-10-17/h3-14,19-20H,15-16H2,1-2H3/b14-13+. The van der Waals surface area contributed by atoms with Gasteiger partial charge in [0.2, 0.25) is 10.0 Å². The number of nitrogens with zero attached hydrogens (tertiary/aromatic N) is 1. The molecule has 0 heterocycles. The molecule has 5 heteroatoms. The van der Waals surface area contributed by atoms with Gasteiger partial charge >= 0.3 is 0 Å². The SMILES string of the molecule is CN(C)C(CNS(=O)(=O)/C=C/c1ccccc1)Cc1ccccc1. The van der Waals surface area contributed by atoms with E-state index in [2.05, 4.69) is 16.9 Å². The Morgan fingerprint density at radius 1 is 1.00 bits per heavy atom. The molecule has 0 aliphatic carbocycles. The Kier molecular flexibility index (Phi) is 6.73. The van der Waals surface area contributed by atoms with Crippen LogP contribution in [0.25, 0.3) is 6.08 Å². The minimum absolute atomic E-state index is 0.0901. The van der Waals surface area contributed by atoms with Crippen LogP contribution in [-0.4, -0.2) is 40.0 Å². The van der Waals surface area contributed by atoms with Crippen LogP contribution < -0.4 is 4.72 Å². The maximum absolute atomic E-state index is 12.2. The summed E-state index contributed by atoms with van der Waals surface area (Å²) in [5, 5.41) is 1.22. The van der Waals surface area contributed by atoms with Gasteiger partial charge in [-0.3, -0.25) is 0 Å². The second-order valence-electron chi connectivity index (χ2n) is 5.91. The summed E-state index contributed by atoms with van der Waals surface area (Å²) in [6, 6.07) is 19.6. The monoisotopic (exact) mass is 344 g/mol. The Balaban J connectivity index is 1.96. The van der Waals surface area contributed by atoms with Crippen molar-refractivity contribution in [1.82, 2.24) is 9.62 Å². The lowest BCUT2D eigenvalue weighted by Gasteiger charge is -2.24. The molecule has 0 saturated heterocycles. The van der Waals surface area contributed by atoms with Crippen molar-refractivity contribution >= 4 is 16.1 Å². The topological polar surface area (TPSA) is 49.4 Å². The van der Waals surface area contributed by atoms with E-state index in [4.69, 9.17) is 0 Å². The van der Waals surface area contributed by atoms with Crippen LogP contribution in [0.4, 0.5) is 0 Å². The quantitative estimate of drug-likeness (QED) is 0.801. The van der Waals surface area contributed by atoms with Gasteiger partial charge in [-0.1, -0.05) is 60.7 Å². The number of rotatable bonds is 8. The van der Waals surface area contributed by atoms with Crippen LogP contribution in [-0.2, 0) is 16.4 Å². The zero-order valence-electron chi connectivity index (χ0n) is 14.1. The number of benzene rings is 2. The number of hydrogen-bond acceptors (Lipinski definition) is 3. The van der Waals surface area contributed by atoms with Crippen molar-refractivity contribution in [1.29, 1.82) is 0 Å². The number of nitrogens with one attached hydrogen (secondary N) is 1. The zero-order valence-corrected chi connectivity index (χ0v) is 14.9. The van der Waals surface area contributed by atoms with Crippen LogP contribution >= 0.6 is 0 Å². The molecule has 0 aliphatic heterocycles. The van der Waals surface area contributed by atoms with E-state index >= 15 is 0 Å². The first-order chi connectivity index (χ1) is 11.5. The van der Waals surface area contributed by atoms with Crippen molar-refractivity contribution in [3.63, 3.8) is 0 Å². The van der Waals surface area contributed by atoms with E-state index in [1.807, 2.05) is 67.5 Å². The highest BCUT2D eigenvalue weighted by molar-refractivity contribution is 7.92. The number of hydrogen-bond donors (Lipinski definition) is 1. The van der Waals surface area contributed by atoms with Crippen molar-refractivity contribution in [3.05, 3.63) is 77.2 Å². The summed E-state index contributed by atoms with van der Waals surface area (Å²) < 4.78 is 27.0. The third-order valence-electron chi connectivity index (χ3n) is 3.80. The fraction of sp³-hybridized carbons (Fsp3) is 0.263. The summed E-state index contributed by atoms with van der Waals surface area (Å²) >= 11 is 0. The molecule has 0 fully saturated rings. The molecule has 2 aromatic rings. The molecule has 2 aromatic carbocycles. The minimum atomic E-state index is -3.46. The van der Waals surface area contributed by atoms with E-state index in [9.17, 15) is 8.42 Å². The molecule has 0 saturated carbocycles. The maximum Gasteiger partial charge on any atom is 0.233 e. The minimum Gasteiger partial charge on any atom is -0.305 e. The second kappa shape index (κ2) is 8.78. The first-order valence-corrected chi connectivity index (χ1v) is 9.44. The molecule has 1 N–H and O–H groups in total. The molecule has 0 amide bonds. The highest BCUT2D eigenvalue weighted by Gasteiger charge is 2.15. The van der Waals surface area contributed by atoms with Crippen LogP contribution in [0, 0.1) is 0 Å². The van der Waals surface area contributed by atoms with E-state index in [0.29, 0.717) is 6.54 Å². The molecule has 1 atom stereocenters. The summed E-state index contributed by atoms with van der Waals surface area (Å²) in [6.07, 6.45) is 2.39. The smallest absolute Gasteiger partial charge is 0.233 e. The van der Waals surface area contributed by atoms with E-state index in [-0.39, 0.29) is 6.04 Å². The lowest BCUT2D eigenvalue weighted by molar-refractivity contribution is 0.292. The summed E-state index contributed by atoms with van der Waals surface area (Å²) in [6.45, 7) is 0.364. The van der Waals surface area contributed by atoms with E-state index in [0.717, 1.165) is 12.0 Å². The molecule has 0 spiro atoms. The van der Waals surface area contributed by atoms with Gasteiger partial charge in [-0.25, -0.2) is 13.1 Å². The van der Waals surface area contributed by atoms with Gasteiger partial charge in [-0.05, 0) is 37.7 Å². The molecule has 0 aromatic heterocycles. The molecule has 0 aliphatic rings. The molecule has 128 valence electrons. The van der Waals surface area contributed by atoms with Gasteiger partial charge in [0.15, 0.2) is 0 Å². The lowest BCUT2D eigenvalue weighted by Crippen LogP contribution is -2.41. The molecular formula is C19H24N2O2S. The Bertz CT molecular complexity index is 741. The van der Waals surface area contributed by atoms with Gasteiger partial charge < -0.3 is 4.90 Å².